The van der Waals surface area contributed by atoms with E-state index in [-0.39, 0.29) is 28.8 Å². The lowest BCUT2D eigenvalue weighted by Crippen LogP contribution is -2.66. The normalized spacial score (nSPS) is 17.4. The van der Waals surface area contributed by atoms with Crippen molar-refractivity contribution >= 4 is 11.7 Å². The first-order valence-corrected chi connectivity index (χ1v) is 12.0. The molecule has 0 radical (unpaired) electrons. The number of aromatic amines is 1. The number of hydrogen-bond acceptors (Lipinski definition) is 7. The third-order valence-electron chi connectivity index (χ3n) is 6.95. The number of aromatic nitrogens is 4. The molecule has 0 atom stereocenters. The lowest BCUT2D eigenvalue weighted by molar-refractivity contribution is -0.149. The molecule has 0 saturated carbocycles. The maximum atomic E-state index is 12.8. The Kier molecular flexibility index (Phi) is 6.55. The number of hydrogen-bond donors (Lipinski definition) is 3. The molecule has 0 bridgehead atoms. The van der Waals surface area contributed by atoms with Gasteiger partial charge in [0.05, 0.1) is 11.9 Å². The number of piperidine rings is 1. The molecule has 1 aromatic carbocycles. The maximum Gasteiger partial charge on any atom is 0.224 e. The molecule has 3 aromatic rings. The molecule has 1 saturated heterocycles. The van der Waals surface area contributed by atoms with E-state index in [9.17, 15) is 9.90 Å². The van der Waals surface area contributed by atoms with E-state index >= 15 is 0 Å². The molecule has 4 N–H and O–H groups in total. The molecule has 1 aliphatic heterocycles. The summed E-state index contributed by atoms with van der Waals surface area (Å²) in [5.41, 5.74) is 8.02. The van der Waals surface area contributed by atoms with Gasteiger partial charge in [0.15, 0.2) is 5.82 Å². The highest BCUT2D eigenvalue weighted by atomic mass is 16.3. The summed E-state index contributed by atoms with van der Waals surface area (Å²) in [4.78, 5) is 17.0. The van der Waals surface area contributed by atoms with Crippen LogP contribution in [-0.4, -0.2) is 67.0 Å². The quantitative estimate of drug-likeness (QED) is 0.496. The van der Waals surface area contributed by atoms with E-state index in [2.05, 4.69) is 53.0 Å². The topological polar surface area (TPSA) is 124 Å². The number of H-pyrrole nitrogens is 1. The van der Waals surface area contributed by atoms with Gasteiger partial charge in [-0.05, 0) is 70.4 Å². The van der Waals surface area contributed by atoms with Crippen molar-refractivity contribution in [3.05, 3.63) is 42.7 Å². The molecule has 3 heterocycles. The van der Waals surface area contributed by atoms with Gasteiger partial charge in [0, 0.05) is 54.5 Å². The standard InChI is InChI=1S/C26H35N7O2/c1-25(2)13-19(14-26(3,4)33(25)24(35)10-11-27)32(5)23-9-8-21(30-31-23)20-7-6-17(12-22(20)34)18-15-28-29-16-18/h6-9,12,15-16,19,34H,10-11,13-14,27H2,1-5H3,(H,28,29). The second-order valence-electron chi connectivity index (χ2n) is 10.6. The fraction of sp³-hybridized carbons (Fsp3) is 0.462. The van der Waals surface area contributed by atoms with Crippen molar-refractivity contribution in [2.24, 2.45) is 5.73 Å². The summed E-state index contributed by atoms with van der Waals surface area (Å²) in [7, 11) is 2.02. The van der Waals surface area contributed by atoms with Gasteiger partial charge < -0.3 is 20.6 Å². The minimum absolute atomic E-state index is 0.103. The van der Waals surface area contributed by atoms with Crippen LogP contribution in [0.5, 0.6) is 5.75 Å². The number of rotatable bonds is 6. The van der Waals surface area contributed by atoms with E-state index in [1.165, 1.54) is 0 Å². The number of likely N-dealkylation sites (tertiary alicyclic amines) is 1. The maximum absolute atomic E-state index is 12.8. The fourth-order valence-electron chi connectivity index (χ4n) is 5.59. The first-order valence-electron chi connectivity index (χ1n) is 12.0. The van der Waals surface area contributed by atoms with Crippen LogP contribution in [0.25, 0.3) is 22.4 Å². The van der Waals surface area contributed by atoms with Crippen LogP contribution in [0.15, 0.2) is 42.7 Å². The molecule has 9 nitrogen and oxygen atoms in total. The first kappa shape index (κ1) is 24.7. The smallest absolute Gasteiger partial charge is 0.224 e. The molecule has 1 aliphatic rings. The highest BCUT2D eigenvalue weighted by molar-refractivity contribution is 5.78. The number of nitrogens with two attached hydrogens (primary N) is 1. The number of benzene rings is 1. The van der Waals surface area contributed by atoms with Crippen LogP contribution >= 0.6 is 0 Å². The summed E-state index contributed by atoms with van der Waals surface area (Å²) < 4.78 is 0. The van der Waals surface area contributed by atoms with Crippen molar-refractivity contribution in [1.29, 1.82) is 0 Å². The largest absolute Gasteiger partial charge is 0.507 e. The van der Waals surface area contributed by atoms with Gasteiger partial charge in [-0.2, -0.15) is 5.10 Å². The van der Waals surface area contributed by atoms with Crippen LogP contribution in [0.3, 0.4) is 0 Å². The number of phenols is 1. The number of aromatic hydroxyl groups is 1. The molecule has 4 rings (SSSR count). The van der Waals surface area contributed by atoms with Crippen molar-refractivity contribution in [3.8, 4) is 28.1 Å². The molecule has 2 aromatic heterocycles. The van der Waals surface area contributed by atoms with Gasteiger partial charge in [0.2, 0.25) is 5.91 Å². The molecular weight excluding hydrogens is 442 g/mol. The number of nitrogens with one attached hydrogen (secondary N) is 1. The zero-order valence-corrected chi connectivity index (χ0v) is 21.1. The number of phenolic OH excluding ortho intramolecular Hbond substituents is 1. The number of carbonyl (C=O) groups is 1. The molecule has 0 unspecified atom stereocenters. The Balaban J connectivity index is 1.52. The number of anilines is 1. The lowest BCUT2D eigenvalue weighted by atomic mass is 9.76. The predicted molar refractivity (Wildman–Crippen MR) is 137 cm³/mol. The Morgan fingerprint density at radius 1 is 1.14 bits per heavy atom. The molecule has 0 spiro atoms. The monoisotopic (exact) mass is 477 g/mol. The van der Waals surface area contributed by atoms with Gasteiger partial charge in [-0.1, -0.05) is 6.07 Å². The van der Waals surface area contributed by atoms with Crippen molar-refractivity contribution < 1.29 is 9.90 Å². The summed E-state index contributed by atoms with van der Waals surface area (Å²) in [6.07, 6.45) is 5.46. The molecule has 35 heavy (non-hydrogen) atoms. The third kappa shape index (κ3) is 4.86. The predicted octanol–water partition coefficient (Wildman–Crippen LogP) is 3.57. The highest BCUT2D eigenvalue weighted by Crippen LogP contribution is 2.41. The van der Waals surface area contributed by atoms with E-state index in [1.807, 2.05) is 36.2 Å². The average molecular weight is 478 g/mol. The second kappa shape index (κ2) is 9.30. The Morgan fingerprint density at radius 2 is 1.86 bits per heavy atom. The van der Waals surface area contributed by atoms with Gasteiger partial charge in [0.25, 0.3) is 0 Å². The van der Waals surface area contributed by atoms with Gasteiger partial charge in [0.1, 0.15) is 5.75 Å². The second-order valence-corrected chi connectivity index (χ2v) is 10.6. The van der Waals surface area contributed by atoms with E-state index in [0.717, 1.165) is 29.8 Å². The molecule has 1 fully saturated rings. The molecule has 186 valence electrons. The Morgan fingerprint density at radius 3 is 2.40 bits per heavy atom. The van der Waals surface area contributed by atoms with E-state index in [0.29, 0.717) is 24.2 Å². The van der Waals surface area contributed by atoms with E-state index < -0.39 is 0 Å². The van der Waals surface area contributed by atoms with Gasteiger partial charge in [-0.3, -0.25) is 9.89 Å². The van der Waals surface area contributed by atoms with E-state index in [4.69, 9.17) is 5.73 Å². The molecule has 1 amide bonds. The summed E-state index contributed by atoms with van der Waals surface area (Å²) in [5, 5.41) is 26.2. The molecule has 0 aliphatic carbocycles. The summed E-state index contributed by atoms with van der Waals surface area (Å²) >= 11 is 0. The fourth-order valence-corrected chi connectivity index (χ4v) is 5.59. The van der Waals surface area contributed by atoms with Crippen LogP contribution in [0, 0.1) is 0 Å². The summed E-state index contributed by atoms with van der Waals surface area (Å²) in [6, 6.07) is 9.45. The average Bonchev–Trinajstić information content (AvgIpc) is 3.32. The van der Waals surface area contributed by atoms with Crippen LogP contribution in [0.1, 0.15) is 47.0 Å². The molecular formula is C26H35N7O2. The number of carbonyl (C=O) groups excluding carboxylic acids is 1. The Hall–Kier alpha value is -3.46. The summed E-state index contributed by atoms with van der Waals surface area (Å²) in [6.45, 7) is 8.83. The van der Waals surface area contributed by atoms with Gasteiger partial charge >= 0.3 is 0 Å². The zero-order chi connectivity index (χ0) is 25.4. The van der Waals surface area contributed by atoms with Crippen molar-refractivity contribution in [1.82, 2.24) is 25.3 Å². The number of amides is 1. The lowest BCUT2D eigenvalue weighted by Gasteiger charge is -2.56. The minimum Gasteiger partial charge on any atom is -0.507 e. The van der Waals surface area contributed by atoms with Crippen molar-refractivity contribution in [2.75, 3.05) is 18.5 Å². The molecule has 9 heteroatoms. The Bertz CT molecular complexity index is 1150. The number of nitrogens with zero attached hydrogens (tertiary/aromatic N) is 5. The Labute approximate surface area is 206 Å². The van der Waals surface area contributed by atoms with Crippen molar-refractivity contribution in [2.45, 2.75) is 64.1 Å². The summed E-state index contributed by atoms with van der Waals surface area (Å²) in [5.74, 6) is 0.991. The van der Waals surface area contributed by atoms with Crippen molar-refractivity contribution in [3.63, 3.8) is 0 Å². The van der Waals surface area contributed by atoms with Gasteiger partial charge in [-0.25, -0.2) is 0 Å². The van der Waals surface area contributed by atoms with Crippen LogP contribution in [0.2, 0.25) is 0 Å². The van der Waals surface area contributed by atoms with Crippen LogP contribution in [-0.2, 0) is 4.79 Å². The minimum atomic E-state index is -0.317. The highest BCUT2D eigenvalue weighted by Gasteiger charge is 2.48. The third-order valence-corrected chi connectivity index (χ3v) is 6.95. The van der Waals surface area contributed by atoms with Gasteiger partial charge in [-0.15, -0.1) is 10.2 Å². The zero-order valence-electron chi connectivity index (χ0n) is 21.1. The SMILES string of the molecule is CN(c1ccc(-c2ccc(-c3cn[nH]c3)cc2O)nn1)C1CC(C)(C)N(C(=O)CCN)C(C)(C)C1. The van der Waals surface area contributed by atoms with E-state index in [1.54, 1.807) is 18.5 Å². The first-order chi connectivity index (χ1) is 16.5. The van der Waals surface area contributed by atoms with Crippen LogP contribution in [0.4, 0.5) is 5.82 Å². The van der Waals surface area contributed by atoms with Crippen LogP contribution < -0.4 is 10.6 Å².